The summed E-state index contributed by atoms with van der Waals surface area (Å²) in [6, 6.07) is 0. The van der Waals surface area contributed by atoms with Crippen molar-refractivity contribution in [2.75, 3.05) is 12.3 Å². The van der Waals surface area contributed by atoms with Gasteiger partial charge in [0.15, 0.2) is 0 Å². The third-order valence-electron chi connectivity index (χ3n) is 1.21. The molecule has 0 spiro atoms. The van der Waals surface area contributed by atoms with Crippen molar-refractivity contribution in [3.8, 4) is 0 Å². The Morgan fingerprint density at radius 3 is 3.00 bits per heavy atom. The number of nitrogens with one attached hydrogen (secondary N) is 1. The predicted molar refractivity (Wildman–Crippen MR) is 47.6 cm³/mol. The SMILES string of the molecule is SCCNCc1cnccn1. The van der Waals surface area contributed by atoms with E-state index < -0.39 is 0 Å². The molecule has 1 N–H and O–H groups in total. The molecule has 1 aromatic heterocycles. The normalized spacial score (nSPS) is 9.91. The van der Waals surface area contributed by atoms with Gasteiger partial charge in [-0.25, -0.2) is 0 Å². The van der Waals surface area contributed by atoms with Gasteiger partial charge in [0.05, 0.1) is 5.69 Å². The lowest BCUT2D eigenvalue weighted by Crippen LogP contribution is -2.16. The first-order valence-electron chi connectivity index (χ1n) is 3.50. The molecule has 0 amide bonds. The molecule has 4 heteroatoms. The van der Waals surface area contributed by atoms with Crippen LogP contribution >= 0.6 is 12.6 Å². The van der Waals surface area contributed by atoms with Crippen LogP contribution in [0.1, 0.15) is 5.69 Å². The van der Waals surface area contributed by atoms with Crippen LogP contribution in [0.5, 0.6) is 0 Å². The van der Waals surface area contributed by atoms with Crippen molar-refractivity contribution < 1.29 is 0 Å². The van der Waals surface area contributed by atoms with Crippen LogP contribution in [0.25, 0.3) is 0 Å². The number of aromatic nitrogens is 2. The minimum Gasteiger partial charge on any atom is -0.310 e. The van der Waals surface area contributed by atoms with E-state index in [1.54, 1.807) is 18.6 Å². The first-order chi connectivity index (χ1) is 5.43. The van der Waals surface area contributed by atoms with Crippen LogP contribution < -0.4 is 5.32 Å². The molecule has 0 aliphatic heterocycles. The Morgan fingerprint density at radius 1 is 1.45 bits per heavy atom. The molecule has 0 saturated carbocycles. The fourth-order valence-corrected chi connectivity index (χ4v) is 0.875. The summed E-state index contributed by atoms with van der Waals surface area (Å²) in [4.78, 5) is 8.04. The Balaban J connectivity index is 2.28. The maximum atomic E-state index is 4.10. The first kappa shape index (κ1) is 8.49. The first-order valence-corrected chi connectivity index (χ1v) is 4.13. The van der Waals surface area contributed by atoms with Crippen LogP contribution in [0.3, 0.4) is 0 Å². The van der Waals surface area contributed by atoms with E-state index in [2.05, 4.69) is 27.9 Å². The van der Waals surface area contributed by atoms with Crippen molar-refractivity contribution in [2.45, 2.75) is 6.54 Å². The number of hydrogen-bond acceptors (Lipinski definition) is 4. The van der Waals surface area contributed by atoms with Crippen LogP contribution in [-0.2, 0) is 6.54 Å². The van der Waals surface area contributed by atoms with Gasteiger partial charge in [0.2, 0.25) is 0 Å². The maximum Gasteiger partial charge on any atom is 0.0724 e. The van der Waals surface area contributed by atoms with Gasteiger partial charge in [-0.15, -0.1) is 0 Å². The highest BCUT2D eigenvalue weighted by atomic mass is 32.1. The molecule has 1 heterocycles. The summed E-state index contributed by atoms with van der Waals surface area (Å²) in [6.45, 7) is 1.67. The van der Waals surface area contributed by atoms with Gasteiger partial charge in [-0.3, -0.25) is 9.97 Å². The van der Waals surface area contributed by atoms with Gasteiger partial charge in [-0.1, -0.05) is 0 Å². The van der Waals surface area contributed by atoms with Crippen LogP contribution in [0, 0.1) is 0 Å². The Morgan fingerprint density at radius 2 is 2.36 bits per heavy atom. The molecule has 0 aliphatic rings. The number of nitrogens with zero attached hydrogens (tertiary/aromatic N) is 2. The smallest absolute Gasteiger partial charge is 0.0724 e. The molecule has 1 rings (SSSR count). The van der Waals surface area contributed by atoms with Crippen LogP contribution in [0.4, 0.5) is 0 Å². The van der Waals surface area contributed by atoms with Crippen molar-refractivity contribution in [3.63, 3.8) is 0 Å². The third-order valence-corrected chi connectivity index (χ3v) is 1.43. The summed E-state index contributed by atoms with van der Waals surface area (Å²) in [5.41, 5.74) is 0.967. The highest BCUT2D eigenvalue weighted by Gasteiger charge is 1.90. The highest BCUT2D eigenvalue weighted by molar-refractivity contribution is 7.80. The zero-order chi connectivity index (χ0) is 7.94. The average molecular weight is 169 g/mol. The second kappa shape index (κ2) is 5.09. The minimum absolute atomic E-state index is 0.772. The molecular weight excluding hydrogens is 158 g/mol. The Hall–Kier alpha value is -0.610. The second-order valence-corrected chi connectivity index (χ2v) is 2.54. The van der Waals surface area contributed by atoms with E-state index in [1.165, 1.54) is 0 Å². The molecular formula is C7H11N3S. The standard InChI is InChI=1S/C7H11N3S/c11-4-3-9-6-7-5-8-1-2-10-7/h1-2,5,9,11H,3-4,6H2. The zero-order valence-electron chi connectivity index (χ0n) is 6.20. The summed E-state index contributed by atoms with van der Waals surface area (Å²) >= 11 is 4.07. The lowest BCUT2D eigenvalue weighted by Gasteiger charge is -1.99. The Labute approximate surface area is 71.7 Å². The van der Waals surface area contributed by atoms with E-state index in [-0.39, 0.29) is 0 Å². The van der Waals surface area contributed by atoms with Gasteiger partial charge >= 0.3 is 0 Å². The van der Waals surface area contributed by atoms with E-state index in [4.69, 9.17) is 0 Å². The molecule has 0 aromatic carbocycles. The van der Waals surface area contributed by atoms with Crippen LogP contribution in [-0.4, -0.2) is 22.3 Å². The van der Waals surface area contributed by atoms with Crippen LogP contribution in [0.2, 0.25) is 0 Å². The molecule has 0 atom stereocenters. The van der Waals surface area contributed by atoms with Crippen molar-refractivity contribution in [3.05, 3.63) is 24.3 Å². The number of rotatable bonds is 4. The summed E-state index contributed by atoms with van der Waals surface area (Å²) in [5.74, 6) is 0.847. The summed E-state index contributed by atoms with van der Waals surface area (Å²) < 4.78 is 0. The lowest BCUT2D eigenvalue weighted by atomic mass is 10.4. The van der Waals surface area contributed by atoms with Gasteiger partial charge in [-0.2, -0.15) is 12.6 Å². The highest BCUT2D eigenvalue weighted by Crippen LogP contribution is 1.87. The van der Waals surface area contributed by atoms with Crippen molar-refractivity contribution in [1.82, 2.24) is 15.3 Å². The van der Waals surface area contributed by atoms with Gasteiger partial charge in [0, 0.05) is 37.4 Å². The van der Waals surface area contributed by atoms with E-state index >= 15 is 0 Å². The van der Waals surface area contributed by atoms with Gasteiger partial charge in [0.25, 0.3) is 0 Å². The maximum absolute atomic E-state index is 4.10. The Kier molecular flexibility index (Phi) is 3.93. The van der Waals surface area contributed by atoms with Crippen LogP contribution in [0.15, 0.2) is 18.6 Å². The lowest BCUT2D eigenvalue weighted by molar-refractivity contribution is 0.712. The molecule has 11 heavy (non-hydrogen) atoms. The minimum atomic E-state index is 0.772. The number of thiol groups is 1. The number of hydrogen-bond donors (Lipinski definition) is 2. The molecule has 3 nitrogen and oxygen atoms in total. The molecule has 0 aliphatic carbocycles. The van der Waals surface area contributed by atoms with E-state index in [1.807, 2.05) is 0 Å². The molecule has 0 fully saturated rings. The topological polar surface area (TPSA) is 37.8 Å². The average Bonchev–Trinajstić information content (AvgIpc) is 2.07. The largest absolute Gasteiger partial charge is 0.310 e. The fraction of sp³-hybridized carbons (Fsp3) is 0.429. The molecule has 1 aromatic rings. The monoisotopic (exact) mass is 169 g/mol. The quantitative estimate of drug-likeness (QED) is 0.509. The Bertz CT molecular complexity index is 190. The molecule has 60 valence electrons. The molecule has 0 unspecified atom stereocenters. The summed E-state index contributed by atoms with van der Waals surface area (Å²) in [6.07, 6.45) is 5.12. The van der Waals surface area contributed by atoms with E-state index in [0.29, 0.717) is 0 Å². The third kappa shape index (κ3) is 3.34. The van der Waals surface area contributed by atoms with Gasteiger partial charge < -0.3 is 5.32 Å². The zero-order valence-corrected chi connectivity index (χ0v) is 7.09. The summed E-state index contributed by atoms with van der Waals surface area (Å²) in [7, 11) is 0. The van der Waals surface area contributed by atoms with E-state index in [9.17, 15) is 0 Å². The van der Waals surface area contributed by atoms with Gasteiger partial charge in [-0.05, 0) is 0 Å². The van der Waals surface area contributed by atoms with Gasteiger partial charge in [0.1, 0.15) is 0 Å². The molecule has 0 bridgehead atoms. The molecule has 0 radical (unpaired) electrons. The second-order valence-electron chi connectivity index (χ2n) is 2.10. The van der Waals surface area contributed by atoms with Crippen molar-refractivity contribution in [2.24, 2.45) is 0 Å². The predicted octanol–water partition coefficient (Wildman–Crippen LogP) is 0.496. The molecule has 0 saturated heterocycles. The van der Waals surface area contributed by atoms with E-state index in [0.717, 1.165) is 24.5 Å². The van der Waals surface area contributed by atoms with Crippen molar-refractivity contribution in [1.29, 1.82) is 0 Å². The summed E-state index contributed by atoms with van der Waals surface area (Å²) in [5, 5.41) is 3.17. The van der Waals surface area contributed by atoms with Crippen molar-refractivity contribution >= 4 is 12.6 Å². The fourth-order valence-electron chi connectivity index (χ4n) is 0.717.